The Labute approximate surface area is 148 Å². The number of carboxylic acids is 1. The van der Waals surface area contributed by atoms with Gasteiger partial charge in [-0.25, -0.2) is 14.2 Å². The number of methoxy groups -OCH3 is 1. The molecular weight excluding hydrogens is 347 g/mol. The maximum atomic E-state index is 13.9. The number of aromatic carboxylic acids is 1. The zero-order chi connectivity index (χ0) is 18.1. The Kier molecular flexibility index (Phi) is 4.74. The van der Waals surface area contributed by atoms with E-state index in [9.17, 15) is 14.3 Å². The second kappa shape index (κ2) is 6.82. The summed E-state index contributed by atoms with van der Waals surface area (Å²) in [7, 11) is 1.59. The molecule has 0 unspecified atom stereocenters. The number of benzene rings is 1. The second-order valence-corrected chi connectivity index (χ2v) is 6.16. The lowest BCUT2D eigenvalue weighted by Gasteiger charge is -2.13. The van der Waals surface area contributed by atoms with Crippen LogP contribution in [-0.4, -0.2) is 34.3 Å². The lowest BCUT2D eigenvalue weighted by Crippen LogP contribution is -2.11. The molecule has 1 atom stereocenters. The Hall–Kier alpha value is -2.44. The van der Waals surface area contributed by atoms with Crippen LogP contribution in [-0.2, 0) is 4.74 Å². The zero-order valence-corrected chi connectivity index (χ0v) is 14.4. The molecule has 1 aromatic carbocycles. The summed E-state index contributed by atoms with van der Waals surface area (Å²) in [6.45, 7) is 2.36. The Balaban J connectivity index is 2.25. The SMILES string of the molecule is COC[C@@H](C)n1cc(-c2ccc(Cl)c(F)c2)c2ccc(C(=O)O)nc21. The van der Waals surface area contributed by atoms with Gasteiger partial charge in [0.1, 0.15) is 11.5 Å². The van der Waals surface area contributed by atoms with E-state index in [1.54, 1.807) is 19.2 Å². The first kappa shape index (κ1) is 17.4. The second-order valence-electron chi connectivity index (χ2n) is 5.76. The van der Waals surface area contributed by atoms with Crippen LogP contribution in [0.2, 0.25) is 5.02 Å². The summed E-state index contributed by atoms with van der Waals surface area (Å²) in [6.07, 6.45) is 1.83. The van der Waals surface area contributed by atoms with Gasteiger partial charge in [0.05, 0.1) is 17.7 Å². The third kappa shape index (κ3) is 3.23. The molecule has 0 saturated carbocycles. The van der Waals surface area contributed by atoms with Crippen molar-refractivity contribution in [2.45, 2.75) is 13.0 Å². The van der Waals surface area contributed by atoms with E-state index < -0.39 is 11.8 Å². The maximum absolute atomic E-state index is 13.9. The molecule has 0 saturated heterocycles. The van der Waals surface area contributed by atoms with Crippen molar-refractivity contribution in [1.29, 1.82) is 0 Å². The largest absolute Gasteiger partial charge is 0.477 e. The van der Waals surface area contributed by atoms with E-state index in [1.807, 2.05) is 17.7 Å². The first-order chi connectivity index (χ1) is 11.9. The number of ether oxygens (including phenoxy) is 1. The minimum absolute atomic E-state index is 0.0477. The van der Waals surface area contributed by atoms with E-state index in [2.05, 4.69) is 4.98 Å². The van der Waals surface area contributed by atoms with Crippen molar-refractivity contribution in [3.05, 3.63) is 53.1 Å². The van der Waals surface area contributed by atoms with Gasteiger partial charge < -0.3 is 14.4 Å². The number of hydrogen-bond acceptors (Lipinski definition) is 3. The van der Waals surface area contributed by atoms with Crippen LogP contribution in [0.3, 0.4) is 0 Å². The predicted octanol–water partition coefficient (Wildman–Crippen LogP) is 4.40. The van der Waals surface area contributed by atoms with E-state index in [0.717, 1.165) is 10.9 Å². The van der Waals surface area contributed by atoms with Crippen molar-refractivity contribution in [3.8, 4) is 11.1 Å². The molecule has 0 aliphatic heterocycles. The highest BCUT2D eigenvalue weighted by molar-refractivity contribution is 6.30. The molecule has 130 valence electrons. The zero-order valence-electron chi connectivity index (χ0n) is 13.7. The average molecular weight is 363 g/mol. The molecule has 2 aromatic heterocycles. The number of pyridine rings is 1. The van der Waals surface area contributed by atoms with E-state index >= 15 is 0 Å². The van der Waals surface area contributed by atoms with Gasteiger partial charge in [0, 0.05) is 24.3 Å². The van der Waals surface area contributed by atoms with Crippen LogP contribution in [0.25, 0.3) is 22.2 Å². The fourth-order valence-electron chi connectivity index (χ4n) is 2.80. The molecule has 2 heterocycles. The van der Waals surface area contributed by atoms with Crippen molar-refractivity contribution in [1.82, 2.24) is 9.55 Å². The molecule has 3 rings (SSSR count). The van der Waals surface area contributed by atoms with Gasteiger partial charge in [0.2, 0.25) is 0 Å². The molecule has 0 fully saturated rings. The number of nitrogens with zero attached hydrogens (tertiary/aromatic N) is 2. The van der Waals surface area contributed by atoms with Gasteiger partial charge in [0.25, 0.3) is 0 Å². The normalized spacial score (nSPS) is 12.5. The summed E-state index contributed by atoms with van der Waals surface area (Å²) >= 11 is 5.76. The van der Waals surface area contributed by atoms with Crippen molar-refractivity contribution in [2.75, 3.05) is 13.7 Å². The van der Waals surface area contributed by atoms with Crippen LogP contribution in [0, 0.1) is 5.82 Å². The predicted molar refractivity (Wildman–Crippen MR) is 93.7 cm³/mol. The molecule has 0 radical (unpaired) electrons. The van der Waals surface area contributed by atoms with E-state index in [-0.39, 0.29) is 16.8 Å². The molecule has 3 aromatic rings. The molecule has 0 aliphatic carbocycles. The Morgan fingerprint density at radius 2 is 2.16 bits per heavy atom. The van der Waals surface area contributed by atoms with E-state index in [1.165, 1.54) is 18.2 Å². The first-order valence-corrected chi connectivity index (χ1v) is 7.99. The van der Waals surface area contributed by atoms with E-state index in [0.29, 0.717) is 17.8 Å². The van der Waals surface area contributed by atoms with Crippen molar-refractivity contribution < 1.29 is 19.0 Å². The molecular formula is C18H16ClFN2O3. The highest BCUT2D eigenvalue weighted by atomic mass is 35.5. The lowest BCUT2D eigenvalue weighted by molar-refractivity contribution is 0.0691. The molecule has 5 nitrogen and oxygen atoms in total. The summed E-state index contributed by atoms with van der Waals surface area (Å²) in [5, 5.41) is 9.99. The van der Waals surface area contributed by atoms with Crippen molar-refractivity contribution in [2.24, 2.45) is 0 Å². The summed E-state index contributed by atoms with van der Waals surface area (Å²) in [5.41, 5.74) is 1.85. The first-order valence-electron chi connectivity index (χ1n) is 7.61. The number of carboxylic acid groups (broad SMARTS) is 1. The molecule has 0 bridgehead atoms. The fraction of sp³-hybridized carbons (Fsp3) is 0.222. The van der Waals surface area contributed by atoms with Crippen LogP contribution >= 0.6 is 11.6 Å². The maximum Gasteiger partial charge on any atom is 0.354 e. The third-order valence-corrected chi connectivity index (χ3v) is 4.32. The molecule has 0 amide bonds. The third-order valence-electron chi connectivity index (χ3n) is 4.01. The van der Waals surface area contributed by atoms with Crippen LogP contribution in [0.5, 0.6) is 0 Å². The summed E-state index contributed by atoms with van der Waals surface area (Å²) in [4.78, 5) is 15.5. The monoisotopic (exact) mass is 362 g/mol. The number of rotatable bonds is 5. The average Bonchev–Trinajstić information content (AvgIpc) is 2.96. The van der Waals surface area contributed by atoms with Crippen LogP contribution in [0.4, 0.5) is 4.39 Å². The number of hydrogen-bond donors (Lipinski definition) is 1. The van der Waals surface area contributed by atoms with Gasteiger partial charge in [-0.3, -0.25) is 0 Å². The van der Waals surface area contributed by atoms with Crippen LogP contribution in [0.15, 0.2) is 36.5 Å². The Morgan fingerprint density at radius 1 is 1.40 bits per heavy atom. The fourth-order valence-corrected chi connectivity index (χ4v) is 2.91. The molecule has 7 heteroatoms. The minimum atomic E-state index is -1.10. The topological polar surface area (TPSA) is 64.3 Å². The standard InChI is InChI=1S/C18H16ClFN2O3/c1-10(9-25-2)22-8-13(11-3-5-14(19)15(20)7-11)12-4-6-16(18(23)24)21-17(12)22/h3-8,10H,9H2,1-2H3,(H,23,24)/t10-/m1/s1. The van der Waals surface area contributed by atoms with Gasteiger partial charge in [-0.05, 0) is 36.8 Å². The molecule has 0 aliphatic rings. The highest BCUT2D eigenvalue weighted by Gasteiger charge is 2.18. The van der Waals surface area contributed by atoms with Crippen LogP contribution in [0.1, 0.15) is 23.5 Å². The summed E-state index contributed by atoms with van der Waals surface area (Å²) in [6, 6.07) is 7.61. The van der Waals surface area contributed by atoms with Crippen molar-refractivity contribution in [3.63, 3.8) is 0 Å². The van der Waals surface area contributed by atoms with Gasteiger partial charge in [-0.15, -0.1) is 0 Å². The number of carbonyl (C=O) groups is 1. The highest BCUT2D eigenvalue weighted by Crippen LogP contribution is 2.33. The van der Waals surface area contributed by atoms with Crippen LogP contribution < -0.4 is 0 Å². The molecule has 0 spiro atoms. The van der Waals surface area contributed by atoms with Crippen molar-refractivity contribution >= 4 is 28.6 Å². The van der Waals surface area contributed by atoms with Gasteiger partial charge in [-0.2, -0.15) is 0 Å². The number of halogens is 2. The minimum Gasteiger partial charge on any atom is -0.477 e. The summed E-state index contributed by atoms with van der Waals surface area (Å²) < 4.78 is 20.9. The smallest absolute Gasteiger partial charge is 0.354 e. The lowest BCUT2D eigenvalue weighted by atomic mass is 10.1. The Bertz CT molecular complexity index is 955. The van der Waals surface area contributed by atoms with Gasteiger partial charge in [-0.1, -0.05) is 17.7 Å². The molecule has 1 N–H and O–H groups in total. The quantitative estimate of drug-likeness (QED) is 0.730. The Morgan fingerprint density at radius 3 is 2.80 bits per heavy atom. The van der Waals surface area contributed by atoms with Gasteiger partial charge >= 0.3 is 5.97 Å². The van der Waals surface area contributed by atoms with Gasteiger partial charge in [0.15, 0.2) is 5.69 Å². The number of fused-ring (bicyclic) bond motifs is 1. The molecule has 25 heavy (non-hydrogen) atoms. The number of aromatic nitrogens is 2. The van der Waals surface area contributed by atoms with E-state index in [4.69, 9.17) is 16.3 Å². The summed E-state index contributed by atoms with van der Waals surface area (Å²) in [5.74, 6) is -1.62.